The SMILES string of the molecule is c1ccc(N(c2ccc(-c3ccc4c(c3)C3(c5ccccc5Oc5ccccc53)c3ccccc3-4)cc2)c2cccc(-c3csc4ccccc34)c2)cc1. The highest BCUT2D eigenvalue weighted by atomic mass is 32.1. The molecule has 0 fully saturated rings. The third-order valence-corrected chi connectivity index (χ3v) is 12.2. The molecule has 9 aromatic rings. The lowest BCUT2D eigenvalue weighted by atomic mass is 9.66. The molecule has 2 heterocycles. The number of thiophene rings is 1. The van der Waals surface area contributed by atoms with Gasteiger partial charge in [0.15, 0.2) is 0 Å². The predicted molar refractivity (Wildman–Crippen MR) is 225 cm³/mol. The minimum absolute atomic E-state index is 0.490. The first-order chi connectivity index (χ1) is 26.8. The van der Waals surface area contributed by atoms with Crippen LogP contribution in [0.3, 0.4) is 0 Å². The molecular weight excluding hydrogens is 675 g/mol. The fraction of sp³-hybridized carbons (Fsp3) is 0.0196. The van der Waals surface area contributed by atoms with E-state index in [9.17, 15) is 0 Å². The van der Waals surface area contributed by atoms with E-state index in [-0.39, 0.29) is 0 Å². The zero-order chi connectivity index (χ0) is 35.6. The summed E-state index contributed by atoms with van der Waals surface area (Å²) in [6.45, 7) is 0. The van der Waals surface area contributed by atoms with E-state index >= 15 is 0 Å². The Morgan fingerprint density at radius 2 is 1.00 bits per heavy atom. The molecule has 54 heavy (non-hydrogen) atoms. The van der Waals surface area contributed by atoms with Gasteiger partial charge in [0, 0.05) is 43.8 Å². The van der Waals surface area contributed by atoms with Crippen LogP contribution in [0.2, 0.25) is 0 Å². The summed E-state index contributed by atoms with van der Waals surface area (Å²) in [5, 5.41) is 3.57. The highest BCUT2D eigenvalue weighted by molar-refractivity contribution is 7.17. The van der Waals surface area contributed by atoms with Gasteiger partial charge in [-0.05, 0) is 105 Å². The van der Waals surface area contributed by atoms with Gasteiger partial charge in [0.1, 0.15) is 11.5 Å². The molecule has 0 bridgehead atoms. The number of hydrogen-bond acceptors (Lipinski definition) is 3. The third-order valence-electron chi connectivity index (χ3n) is 11.2. The third kappa shape index (κ3) is 4.59. The maximum absolute atomic E-state index is 6.56. The lowest BCUT2D eigenvalue weighted by molar-refractivity contribution is 0.436. The summed E-state index contributed by atoms with van der Waals surface area (Å²) in [5.74, 6) is 1.82. The summed E-state index contributed by atoms with van der Waals surface area (Å²) < 4.78 is 7.87. The van der Waals surface area contributed by atoms with Crippen LogP contribution in [0.25, 0.3) is 43.5 Å². The molecule has 1 aliphatic heterocycles. The Kier molecular flexibility index (Phi) is 6.98. The predicted octanol–water partition coefficient (Wildman–Crippen LogP) is 14.2. The molecule has 3 heteroatoms. The van der Waals surface area contributed by atoms with Crippen molar-refractivity contribution in [1.82, 2.24) is 0 Å². The number of nitrogens with zero attached hydrogens (tertiary/aromatic N) is 1. The molecule has 1 spiro atoms. The van der Waals surface area contributed by atoms with Crippen LogP contribution in [0.4, 0.5) is 17.1 Å². The van der Waals surface area contributed by atoms with Crippen molar-refractivity contribution < 1.29 is 4.74 Å². The summed E-state index contributed by atoms with van der Waals surface area (Å²) in [4.78, 5) is 2.35. The maximum Gasteiger partial charge on any atom is 0.132 e. The summed E-state index contributed by atoms with van der Waals surface area (Å²) in [7, 11) is 0. The number of hydrogen-bond donors (Lipinski definition) is 0. The van der Waals surface area contributed by atoms with E-state index in [4.69, 9.17) is 4.74 Å². The van der Waals surface area contributed by atoms with Gasteiger partial charge in [0.2, 0.25) is 0 Å². The van der Waals surface area contributed by atoms with Crippen molar-refractivity contribution in [2.24, 2.45) is 0 Å². The van der Waals surface area contributed by atoms with Crippen molar-refractivity contribution in [3.8, 4) is 44.9 Å². The highest BCUT2D eigenvalue weighted by Crippen LogP contribution is 2.62. The van der Waals surface area contributed by atoms with Gasteiger partial charge in [0.25, 0.3) is 0 Å². The summed E-state index contributed by atoms with van der Waals surface area (Å²) >= 11 is 1.80. The molecular formula is C51H33NOS. The van der Waals surface area contributed by atoms with Crippen LogP contribution in [0.5, 0.6) is 11.5 Å². The van der Waals surface area contributed by atoms with Crippen LogP contribution in [0, 0.1) is 0 Å². The molecule has 0 atom stereocenters. The van der Waals surface area contributed by atoms with Gasteiger partial charge in [-0.15, -0.1) is 11.3 Å². The van der Waals surface area contributed by atoms with Crippen LogP contribution in [-0.2, 0) is 5.41 Å². The van der Waals surface area contributed by atoms with Crippen molar-refractivity contribution in [1.29, 1.82) is 0 Å². The summed E-state index contributed by atoms with van der Waals surface area (Å²) in [5.41, 5.74) is 15.2. The molecule has 0 N–H and O–H groups in total. The molecule has 0 saturated carbocycles. The van der Waals surface area contributed by atoms with E-state index in [0.29, 0.717) is 0 Å². The van der Waals surface area contributed by atoms with Crippen molar-refractivity contribution in [2.75, 3.05) is 4.90 Å². The summed E-state index contributed by atoms with van der Waals surface area (Å²) in [6, 6.07) is 70.3. The van der Waals surface area contributed by atoms with Gasteiger partial charge < -0.3 is 9.64 Å². The molecule has 8 aromatic carbocycles. The average molecular weight is 708 g/mol. The van der Waals surface area contributed by atoms with E-state index in [1.54, 1.807) is 11.3 Å². The first-order valence-corrected chi connectivity index (χ1v) is 19.3. The number of rotatable bonds is 5. The van der Waals surface area contributed by atoms with Crippen LogP contribution in [-0.4, -0.2) is 0 Å². The van der Waals surface area contributed by atoms with E-state index in [1.165, 1.54) is 65.7 Å². The lowest BCUT2D eigenvalue weighted by Crippen LogP contribution is -2.32. The van der Waals surface area contributed by atoms with E-state index in [0.717, 1.165) is 28.6 Å². The summed E-state index contributed by atoms with van der Waals surface area (Å²) in [6.07, 6.45) is 0. The van der Waals surface area contributed by atoms with Crippen molar-refractivity contribution in [2.45, 2.75) is 5.41 Å². The Balaban J connectivity index is 1.03. The number of ether oxygens (including phenoxy) is 1. The standard InChI is InChI=1S/C51H33NOS/c1-2-14-37(15-3-1)52(39-16-12-13-36(31-39)43-33-54-50-24-11-5-18-42(43)50)38-28-25-34(26-29-38)35-27-30-41-40-17-4-6-19-44(40)51(47(41)32-35)45-20-7-9-22-48(45)53-49-23-10-8-21-46(49)51/h1-33H. The Hall–Kier alpha value is -6.68. The number of benzene rings is 8. The Labute approximate surface area is 318 Å². The second-order valence-corrected chi connectivity index (χ2v) is 15.0. The zero-order valence-corrected chi connectivity index (χ0v) is 30.1. The molecule has 0 radical (unpaired) electrons. The first-order valence-electron chi connectivity index (χ1n) is 18.4. The van der Waals surface area contributed by atoms with Crippen LogP contribution < -0.4 is 9.64 Å². The van der Waals surface area contributed by atoms with Crippen molar-refractivity contribution in [3.05, 3.63) is 222 Å². The number of anilines is 3. The topological polar surface area (TPSA) is 12.5 Å². The molecule has 1 aromatic heterocycles. The van der Waals surface area contributed by atoms with Crippen molar-refractivity contribution >= 4 is 38.5 Å². The Morgan fingerprint density at radius 1 is 0.389 bits per heavy atom. The van der Waals surface area contributed by atoms with Gasteiger partial charge in [-0.3, -0.25) is 0 Å². The van der Waals surface area contributed by atoms with Gasteiger partial charge in [-0.1, -0.05) is 133 Å². The highest BCUT2D eigenvalue weighted by Gasteiger charge is 2.51. The monoisotopic (exact) mass is 707 g/mol. The molecule has 11 rings (SSSR count). The second kappa shape index (κ2) is 12.2. The van der Waals surface area contributed by atoms with Crippen molar-refractivity contribution in [3.63, 3.8) is 0 Å². The quantitative estimate of drug-likeness (QED) is 0.177. The van der Waals surface area contributed by atoms with Gasteiger partial charge >= 0.3 is 0 Å². The zero-order valence-electron chi connectivity index (χ0n) is 29.3. The van der Waals surface area contributed by atoms with Crippen LogP contribution in [0.1, 0.15) is 22.3 Å². The maximum atomic E-state index is 6.56. The lowest BCUT2D eigenvalue weighted by Gasteiger charge is -2.39. The van der Waals surface area contributed by atoms with E-state index < -0.39 is 5.41 Å². The molecule has 2 aliphatic rings. The van der Waals surface area contributed by atoms with Gasteiger partial charge in [-0.2, -0.15) is 0 Å². The molecule has 0 amide bonds. The second-order valence-electron chi connectivity index (χ2n) is 14.1. The minimum atomic E-state index is -0.490. The molecule has 0 saturated heterocycles. The number of para-hydroxylation sites is 3. The fourth-order valence-electron chi connectivity index (χ4n) is 8.87. The van der Waals surface area contributed by atoms with E-state index in [2.05, 4.69) is 204 Å². The molecule has 1 aliphatic carbocycles. The van der Waals surface area contributed by atoms with E-state index in [1.807, 2.05) is 0 Å². The normalized spacial score (nSPS) is 13.1. The first kappa shape index (κ1) is 30.9. The van der Waals surface area contributed by atoms with Crippen LogP contribution >= 0.6 is 11.3 Å². The smallest absolute Gasteiger partial charge is 0.132 e. The largest absolute Gasteiger partial charge is 0.457 e. The Bertz CT molecular complexity index is 2820. The van der Waals surface area contributed by atoms with Gasteiger partial charge in [0.05, 0.1) is 5.41 Å². The minimum Gasteiger partial charge on any atom is -0.457 e. The number of fused-ring (bicyclic) bond motifs is 10. The van der Waals surface area contributed by atoms with Gasteiger partial charge in [-0.25, -0.2) is 0 Å². The van der Waals surface area contributed by atoms with Crippen LogP contribution in [0.15, 0.2) is 200 Å². The molecule has 2 nitrogen and oxygen atoms in total. The molecule has 0 unspecified atom stereocenters. The fourth-order valence-corrected chi connectivity index (χ4v) is 9.84. The Morgan fingerprint density at radius 3 is 1.80 bits per heavy atom. The molecule has 254 valence electrons. The average Bonchev–Trinajstić information content (AvgIpc) is 3.80.